The molecule has 2 heterocycles. The number of carbonyl (C=O) groups is 1. The van der Waals surface area contributed by atoms with Crippen molar-refractivity contribution in [2.45, 2.75) is 31.7 Å². The molecular formula is C17H20ClFN4OS. The highest BCUT2D eigenvalue weighted by Gasteiger charge is 2.30. The van der Waals surface area contributed by atoms with Crippen molar-refractivity contribution in [3.05, 3.63) is 41.5 Å². The summed E-state index contributed by atoms with van der Waals surface area (Å²) < 4.78 is 17.4. The van der Waals surface area contributed by atoms with Gasteiger partial charge in [-0.1, -0.05) is 12.1 Å². The zero-order chi connectivity index (χ0) is 18.0. The van der Waals surface area contributed by atoms with Crippen LogP contribution in [0.1, 0.15) is 25.2 Å². The van der Waals surface area contributed by atoms with Crippen LogP contribution in [0, 0.1) is 5.82 Å². The molecule has 0 aliphatic carbocycles. The molecule has 134 valence electrons. The largest absolute Gasteiger partial charge is 0.343 e. The fourth-order valence-corrected chi connectivity index (χ4v) is 3.76. The average molecular weight is 383 g/mol. The van der Waals surface area contributed by atoms with Crippen molar-refractivity contribution in [1.29, 1.82) is 0 Å². The minimum atomic E-state index is -0.502. The standard InChI is InChI=1S/C17H20ClFN4OS/c1-11-10-22(7-8-23(11)16(24)12(2)18)17-20-15(21-25-17)9-13-3-5-14(19)6-4-13/h3-6,11-12H,7-10H2,1-2H3/t11-,12-/m1/s1. The normalized spacial score (nSPS) is 19.1. The van der Waals surface area contributed by atoms with Crippen LogP contribution in [0.5, 0.6) is 0 Å². The number of piperazine rings is 1. The molecule has 1 aromatic carbocycles. The monoisotopic (exact) mass is 382 g/mol. The molecule has 1 saturated heterocycles. The van der Waals surface area contributed by atoms with Crippen molar-refractivity contribution in [2.24, 2.45) is 0 Å². The first-order chi connectivity index (χ1) is 11.9. The lowest BCUT2D eigenvalue weighted by atomic mass is 10.1. The van der Waals surface area contributed by atoms with Crippen LogP contribution in [0.3, 0.4) is 0 Å². The minimum Gasteiger partial charge on any atom is -0.343 e. The van der Waals surface area contributed by atoms with Crippen LogP contribution in [0.2, 0.25) is 0 Å². The summed E-state index contributed by atoms with van der Waals surface area (Å²) in [5.74, 6) is 0.457. The van der Waals surface area contributed by atoms with Crippen LogP contribution in [0.15, 0.2) is 24.3 Å². The van der Waals surface area contributed by atoms with Crippen LogP contribution in [0.4, 0.5) is 9.52 Å². The first-order valence-electron chi connectivity index (χ1n) is 8.20. The van der Waals surface area contributed by atoms with E-state index in [1.807, 2.05) is 11.8 Å². The van der Waals surface area contributed by atoms with Gasteiger partial charge in [0.25, 0.3) is 0 Å². The van der Waals surface area contributed by atoms with Gasteiger partial charge in [0.15, 0.2) is 0 Å². The molecule has 1 aliphatic heterocycles. The maximum Gasteiger partial charge on any atom is 0.240 e. The number of hydrogen-bond acceptors (Lipinski definition) is 5. The van der Waals surface area contributed by atoms with Crippen molar-refractivity contribution in [1.82, 2.24) is 14.3 Å². The Morgan fingerprint density at radius 2 is 2.12 bits per heavy atom. The molecule has 0 N–H and O–H groups in total. The number of rotatable bonds is 4. The van der Waals surface area contributed by atoms with E-state index in [-0.39, 0.29) is 17.8 Å². The number of hydrogen-bond donors (Lipinski definition) is 0. The Balaban J connectivity index is 1.63. The molecule has 5 nitrogen and oxygen atoms in total. The van der Waals surface area contributed by atoms with Crippen LogP contribution in [-0.4, -0.2) is 51.2 Å². The van der Waals surface area contributed by atoms with Gasteiger partial charge in [0, 0.05) is 43.6 Å². The lowest BCUT2D eigenvalue weighted by Crippen LogP contribution is -2.55. The Bertz CT molecular complexity index is 737. The summed E-state index contributed by atoms with van der Waals surface area (Å²) in [5.41, 5.74) is 0.977. The van der Waals surface area contributed by atoms with Crippen LogP contribution in [-0.2, 0) is 11.2 Å². The van der Waals surface area contributed by atoms with Gasteiger partial charge in [-0.05, 0) is 31.5 Å². The molecule has 1 aliphatic rings. The van der Waals surface area contributed by atoms with Gasteiger partial charge in [0.2, 0.25) is 11.0 Å². The van der Waals surface area contributed by atoms with E-state index in [1.165, 1.54) is 23.7 Å². The summed E-state index contributed by atoms with van der Waals surface area (Å²) >= 11 is 7.28. The second-order valence-corrected chi connectivity index (χ2v) is 7.62. The van der Waals surface area contributed by atoms with E-state index in [1.54, 1.807) is 19.1 Å². The van der Waals surface area contributed by atoms with E-state index in [2.05, 4.69) is 14.3 Å². The highest BCUT2D eigenvalue weighted by atomic mass is 35.5. The molecule has 0 spiro atoms. The van der Waals surface area contributed by atoms with Crippen molar-refractivity contribution >= 4 is 34.2 Å². The van der Waals surface area contributed by atoms with Gasteiger partial charge in [0.1, 0.15) is 17.0 Å². The Labute approximate surface area is 155 Å². The van der Waals surface area contributed by atoms with E-state index in [4.69, 9.17) is 11.6 Å². The fraction of sp³-hybridized carbons (Fsp3) is 0.471. The summed E-state index contributed by atoms with van der Waals surface area (Å²) in [6.07, 6.45) is 0.578. The molecule has 0 bridgehead atoms. The summed E-state index contributed by atoms with van der Waals surface area (Å²) in [6.45, 7) is 5.77. The lowest BCUT2D eigenvalue weighted by molar-refractivity contribution is -0.132. The molecule has 8 heteroatoms. The highest BCUT2D eigenvalue weighted by molar-refractivity contribution is 7.09. The molecule has 25 heavy (non-hydrogen) atoms. The quantitative estimate of drug-likeness (QED) is 0.763. The summed E-state index contributed by atoms with van der Waals surface area (Å²) in [5, 5.41) is 0.354. The van der Waals surface area contributed by atoms with Gasteiger partial charge in [0.05, 0.1) is 0 Å². The summed E-state index contributed by atoms with van der Waals surface area (Å²) in [6, 6.07) is 6.45. The average Bonchev–Trinajstić information content (AvgIpc) is 3.04. The summed E-state index contributed by atoms with van der Waals surface area (Å²) in [4.78, 5) is 20.7. The molecular weight excluding hydrogens is 363 g/mol. The fourth-order valence-electron chi connectivity index (χ4n) is 2.92. The maximum atomic E-state index is 13.0. The number of aromatic nitrogens is 2. The third-order valence-electron chi connectivity index (χ3n) is 4.25. The number of carbonyl (C=O) groups excluding carboxylic acids is 1. The van der Waals surface area contributed by atoms with E-state index < -0.39 is 5.38 Å². The first kappa shape index (κ1) is 18.1. The highest BCUT2D eigenvalue weighted by Crippen LogP contribution is 2.23. The third-order valence-corrected chi connectivity index (χ3v) is 5.26. The number of nitrogens with zero attached hydrogens (tertiary/aromatic N) is 4. The zero-order valence-corrected chi connectivity index (χ0v) is 15.7. The van der Waals surface area contributed by atoms with Gasteiger partial charge < -0.3 is 9.80 Å². The number of anilines is 1. The zero-order valence-electron chi connectivity index (χ0n) is 14.2. The Hall–Kier alpha value is -1.73. The smallest absolute Gasteiger partial charge is 0.240 e. The van der Waals surface area contributed by atoms with E-state index in [0.717, 1.165) is 16.5 Å². The molecule has 1 amide bonds. The van der Waals surface area contributed by atoms with Gasteiger partial charge in [-0.25, -0.2) is 9.37 Å². The first-order valence-corrected chi connectivity index (χ1v) is 9.41. The van der Waals surface area contributed by atoms with Gasteiger partial charge in [-0.15, -0.1) is 11.6 Å². The van der Waals surface area contributed by atoms with E-state index in [0.29, 0.717) is 26.1 Å². The second-order valence-electron chi connectivity index (χ2n) is 6.24. The van der Waals surface area contributed by atoms with E-state index >= 15 is 0 Å². The number of alkyl halides is 1. The maximum absolute atomic E-state index is 13.0. The lowest BCUT2D eigenvalue weighted by Gasteiger charge is -2.40. The number of halogens is 2. The Morgan fingerprint density at radius 3 is 2.76 bits per heavy atom. The Kier molecular flexibility index (Phi) is 5.54. The molecule has 1 fully saturated rings. The van der Waals surface area contributed by atoms with Crippen LogP contribution < -0.4 is 4.90 Å². The van der Waals surface area contributed by atoms with Crippen molar-refractivity contribution in [2.75, 3.05) is 24.5 Å². The molecule has 0 radical (unpaired) electrons. The molecule has 2 atom stereocenters. The molecule has 1 aromatic heterocycles. The second kappa shape index (κ2) is 7.66. The SMILES string of the molecule is C[C@@H]1CN(c2nc(Cc3ccc(F)cc3)ns2)CCN1C(=O)[C@@H](C)Cl. The topological polar surface area (TPSA) is 49.3 Å². The van der Waals surface area contributed by atoms with E-state index in [9.17, 15) is 9.18 Å². The Morgan fingerprint density at radius 1 is 1.40 bits per heavy atom. The van der Waals surface area contributed by atoms with Gasteiger partial charge in [-0.2, -0.15) is 4.37 Å². The summed E-state index contributed by atoms with van der Waals surface area (Å²) in [7, 11) is 0. The van der Waals surface area contributed by atoms with Crippen LogP contribution >= 0.6 is 23.1 Å². The predicted molar refractivity (Wildman–Crippen MR) is 97.8 cm³/mol. The number of amides is 1. The van der Waals surface area contributed by atoms with Crippen molar-refractivity contribution in [3.8, 4) is 0 Å². The van der Waals surface area contributed by atoms with Crippen molar-refractivity contribution in [3.63, 3.8) is 0 Å². The predicted octanol–water partition coefficient (Wildman–Crippen LogP) is 2.93. The van der Waals surface area contributed by atoms with Gasteiger partial charge >= 0.3 is 0 Å². The minimum absolute atomic E-state index is 0.0249. The molecule has 0 saturated carbocycles. The molecule has 2 aromatic rings. The van der Waals surface area contributed by atoms with Crippen LogP contribution in [0.25, 0.3) is 0 Å². The third kappa shape index (κ3) is 4.27. The number of benzene rings is 1. The van der Waals surface area contributed by atoms with Gasteiger partial charge in [-0.3, -0.25) is 4.79 Å². The molecule has 3 rings (SSSR count). The van der Waals surface area contributed by atoms with Crippen molar-refractivity contribution < 1.29 is 9.18 Å². The molecule has 0 unspecified atom stereocenters.